The molecule has 0 aromatic rings. The summed E-state index contributed by atoms with van der Waals surface area (Å²) in [6.45, 7) is 8.56. The first kappa shape index (κ1) is 57.0. The molecule has 2 heterocycles. The van der Waals surface area contributed by atoms with Crippen molar-refractivity contribution in [2.24, 2.45) is 15.6 Å². The summed E-state index contributed by atoms with van der Waals surface area (Å²) in [4.78, 5) is 70.4. The Morgan fingerprint density at radius 3 is 1.70 bits per heavy atom. The lowest BCUT2D eigenvalue weighted by molar-refractivity contribution is -0.301. The quantitative estimate of drug-likeness (QED) is 0.0183. The maximum Gasteiger partial charge on any atom is 0.469 e. The SMILES string of the molecule is CC(CCC(=O)N[C@@H](CCCCNC(=O)CC/C(C)=N/OCCO[C@H]1O[C@H](COP(=O)(O)O)[C@@H](O)[C@H](O)[C@@H]1O)C(C)(C)C)=NCCCO[C@H]1O[C@H](COP(=O)(O)O)[C@@H](O)[C@H](O)[C@@H]1O. The van der Waals surface area contributed by atoms with Crippen molar-refractivity contribution in [3.63, 3.8) is 0 Å². The molecule has 0 aromatic heterocycles. The van der Waals surface area contributed by atoms with Gasteiger partial charge < -0.3 is 84.6 Å². The third-order valence-corrected chi connectivity index (χ3v) is 10.8. The van der Waals surface area contributed by atoms with E-state index in [0.29, 0.717) is 50.9 Å². The number of unbranched alkanes of at least 4 members (excludes halogenated alkanes) is 1. The number of aliphatic imine (C=N–C) groups is 1. The largest absolute Gasteiger partial charge is 0.469 e. The van der Waals surface area contributed by atoms with Gasteiger partial charge in [-0.3, -0.25) is 23.6 Å². The van der Waals surface area contributed by atoms with Crippen LogP contribution in [0.3, 0.4) is 0 Å². The van der Waals surface area contributed by atoms with Crippen LogP contribution in [0.15, 0.2) is 10.1 Å². The van der Waals surface area contributed by atoms with E-state index in [1.165, 1.54) is 0 Å². The average molecular weight is 955 g/mol. The minimum Gasteiger partial charge on any atom is -0.393 e. The summed E-state index contributed by atoms with van der Waals surface area (Å²) < 4.78 is 52.0. The number of hydrogen-bond acceptors (Lipinski definition) is 19. The summed E-state index contributed by atoms with van der Waals surface area (Å²) >= 11 is 0. The van der Waals surface area contributed by atoms with Gasteiger partial charge in [0.1, 0.15) is 55.4 Å². The number of oxime groups is 1. The van der Waals surface area contributed by atoms with Crippen molar-refractivity contribution in [3.05, 3.63) is 0 Å². The summed E-state index contributed by atoms with van der Waals surface area (Å²) in [7, 11) is -9.74. The van der Waals surface area contributed by atoms with E-state index < -0.39 is 90.3 Å². The van der Waals surface area contributed by atoms with Gasteiger partial charge in [-0.2, -0.15) is 0 Å². The van der Waals surface area contributed by atoms with Gasteiger partial charge in [0.05, 0.1) is 32.1 Å². The maximum absolute atomic E-state index is 12.9. The molecule has 63 heavy (non-hydrogen) atoms. The monoisotopic (exact) mass is 954 g/mol. The predicted molar refractivity (Wildman–Crippen MR) is 220 cm³/mol. The van der Waals surface area contributed by atoms with E-state index in [1.54, 1.807) is 13.8 Å². The molecule has 12 N–H and O–H groups in total. The van der Waals surface area contributed by atoms with Crippen LogP contribution in [0.1, 0.15) is 86.0 Å². The molecule has 0 saturated carbocycles. The van der Waals surface area contributed by atoms with Gasteiger partial charge in [-0.1, -0.05) is 25.9 Å². The molecule has 2 fully saturated rings. The minimum absolute atomic E-state index is 0.0389. The third kappa shape index (κ3) is 22.8. The first-order valence-electron chi connectivity index (χ1n) is 20.5. The van der Waals surface area contributed by atoms with E-state index in [4.69, 9.17) is 43.4 Å². The van der Waals surface area contributed by atoms with Crippen LogP contribution >= 0.6 is 15.6 Å². The zero-order valence-corrected chi connectivity index (χ0v) is 38.0. The van der Waals surface area contributed by atoms with Crippen molar-refractivity contribution in [1.29, 1.82) is 0 Å². The number of phosphoric acid groups is 2. The zero-order valence-electron chi connectivity index (χ0n) is 36.2. The highest BCUT2D eigenvalue weighted by Crippen LogP contribution is 2.38. The topological polar surface area (TPSA) is 384 Å². The molecule has 0 aromatic carbocycles. The second-order valence-corrected chi connectivity index (χ2v) is 18.8. The molecule has 0 radical (unpaired) electrons. The van der Waals surface area contributed by atoms with Crippen LogP contribution in [0, 0.1) is 5.41 Å². The molecule has 2 amide bonds. The van der Waals surface area contributed by atoms with E-state index in [0.717, 1.165) is 12.1 Å². The number of carbonyl (C=O) groups excluding carboxylic acids is 2. The molecule has 368 valence electrons. The van der Waals surface area contributed by atoms with Gasteiger partial charge in [-0.25, -0.2) is 9.13 Å². The average Bonchev–Trinajstić information content (AvgIpc) is 3.19. The van der Waals surface area contributed by atoms with Crippen molar-refractivity contribution in [2.75, 3.05) is 46.1 Å². The van der Waals surface area contributed by atoms with Crippen LogP contribution in [0.4, 0.5) is 0 Å². The Balaban J connectivity index is 1.62. The predicted octanol–water partition coefficient (Wildman–Crippen LogP) is -1.53. The van der Waals surface area contributed by atoms with E-state index in [-0.39, 0.29) is 55.9 Å². The highest BCUT2D eigenvalue weighted by Gasteiger charge is 2.46. The van der Waals surface area contributed by atoms with Crippen molar-refractivity contribution < 1.29 is 102 Å². The van der Waals surface area contributed by atoms with E-state index in [2.05, 4.69) is 29.8 Å². The standard InChI is InChI=1S/C36H68N4O21P2/c1-21(37-15-8-16-55-34-32(47)30(45)28(43)23(60-34)19-58-62(49,50)51)10-13-27(42)39-25(36(3,4)5)9-6-7-14-38-26(41)12-11-22(2)40-57-18-17-56-35-33(48)31(46)29(44)24(61-35)20-59-63(52,53)54/h23-25,28-35,43-48H,6-20H2,1-5H3,(H,38,41)(H,39,42)(H2,49,50,51)(H2,52,53,54)/b37-21?,40-22+/t23-,24-,25+,28-,29-,30+,31+,32+,33+,34+,35+/m1/s1. The van der Waals surface area contributed by atoms with Crippen molar-refractivity contribution in [3.8, 4) is 0 Å². The summed E-state index contributed by atoms with van der Waals surface area (Å²) in [6.07, 6.45) is -12.0. The molecule has 2 rings (SSSR count). The number of aliphatic hydroxyl groups excluding tert-OH is 6. The smallest absolute Gasteiger partial charge is 0.393 e. The number of hydrogen-bond donors (Lipinski definition) is 12. The molecular formula is C36H68N4O21P2. The molecule has 27 heteroatoms. The third-order valence-electron chi connectivity index (χ3n) is 9.84. The highest BCUT2D eigenvalue weighted by molar-refractivity contribution is 7.46. The van der Waals surface area contributed by atoms with Gasteiger partial charge in [0.25, 0.3) is 0 Å². The van der Waals surface area contributed by atoms with Crippen LogP contribution in [0.5, 0.6) is 0 Å². The van der Waals surface area contributed by atoms with Gasteiger partial charge in [-0.05, 0) is 57.8 Å². The maximum atomic E-state index is 12.9. The summed E-state index contributed by atoms with van der Waals surface area (Å²) in [5, 5.41) is 70.4. The number of nitrogens with zero attached hydrogens (tertiary/aromatic N) is 2. The molecule has 25 nitrogen and oxygen atoms in total. The molecular weight excluding hydrogens is 886 g/mol. The number of carbonyl (C=O) groups is 2. The van der Waals surface area contributed by atoms with Crippen LogP contribution < -0.4 is 10.6 Å². The fourth-order valence-corrected chi connectivity index (χ4v) is 6.79. The van der Waals surface area contributed by atoms with Crippen LogP contribution in [-0.2, 0) is 51.6 Å². The van der Waals surface area contributed by atoms with Crippen LogP contribution in [0.2, 0.25) is 0 Å². The molecule has 0 aliphatic carbocycles. The fraction of sp³-hybridized carbons (Fsp3) is 0.889. The lowest BCUT2D eigenvalue weighted by atomic mass is 9.83. The number of phosphoric ester groups is 2. The lowest BCUT2D eigenvalue weighted by Gasteiger charge is -2.40. The lowest BCUT2D eigenvalue weighted by Crippen LogP contribution is -2.59. The molecule has 0 bridgehead atoms. The molecule has 2 saturated heterocycles. The normalized spacial score (nSPS) is 28.1. The first-order valence-corrected chi connectivity index (χ1v) is 23.6. The Morgan fingerprint density at radius 1 is 0.667 bits per heavy atom. The van der Waals surface area contributed by atoms with Gasteiger partial charge in [0, 0.05) is 37.7 Å². The Morgan fingerprint density at radius 2 is 1.17 bits per heavy atom. The second-order valence-electron chi connectivity index (χ2n) is 16.3. The van der Waals surface area contributed by atoms with Gasteiger partial charge >= 0.3 is 15.6 Å². The van der Waals surface area contributed by atoms with Crippen molar-refractivity contribution in [1.82, 2.24) is 10.6 Å². The van der Waals surface area contributed by atoms with Gasteiger partial charge in [0.15, 0.2) is 12.6 Å². The Hall–Kier alpha value is -2.10. The number of nitrogens with one attached hydrogen (secondary N) is 2. The van der Waals surface area contributed by atoms with E-state index in [9.17, 15) is 49.4 Å². The highest BCUT2D eigenvalue weighted by atomic mass is 31.2. The number of aliphatic hydroxyl groups is 6. The summed E-state index contributed by atoms with van der Waals surface area (Å²) in [5.74, 6) is -0.310. The minimum atomic E-state index is -4.88. The number of rotatable bonds is 28. The summed E-state index contributed by atoms with van der Waals surface area (Å²) in [5.41, 5.74) is 1.03. The Labute approximate surface area is 366 Å². The van der Waals surface area contributed by atoms with E-state index in [1.807, 2.05) is 20.8 Å². The van der Waals surface area contributed by atoms with Crippen molar-refractivity contribution >= 4 is 38.9 Å². The van der Waals surface area contributed by atoms with E-state index >= 15 is 0 Å². The first-order chi connectivity index (χ1) is 29.3. The number of ether oxygens (including phenoxy) is 4. The van der Waals surface area contributed by atoms with Gasteiger partial charge in [-0.15, -0.1) is 0 Å². The molecule has 2 aliphatic rings. The van der Waals surface area contributed by atoms with Gasteiger partial charge in [0.2, 0.25) is 11.8 Å². The Kier molecular flexibility index (Phi) is 24.9. The second kappa shape index (κ2) is 27.5. The fourth-order valence-electron chi connectivity index (χ4n) is 6.11. The van der Waals surface area contributed by atoms with Crippen LogP contribution in [-0.4, -0.2) is 187 Å². The summed E-state index contributed by atoms with van der Waals surface area (Å²) in [6, 6.07) is -0.119. The Bertz CT molecular complexity index is 1540. The number of amides is 2. The van der Waals surface area contributed by atoms with Crippen LogP contribution in [0.25, 0.3) is 0 Å². The van der Waals surface area contributed by atoms with Crippen molar-refractivity contribution in [2.45, 2.75) is 153 Å². The molecule has 0 spiro atoms. The molecule has 0 unspecified atom stereocenters. The molecule has 11 atom stereocenters. The zero-order chi connectivity index (χ0) is 47.5. The molecule has 2 aliphatic heterocycles.